The van der Waals surface area contributed by atoms with Crippen molar-refractivity contribution in [3.63, 3.8) is 0 Å². The van der Waals surface area contributed by atoms with Crippen LogP contribution in [0.2, 0.25) is 0 Å². The van der Waals surface area contributed by atoms with Gasteiger partial charge >= 0.3 is 0 Å². The standard InChI is InChI=1S/C18H20N2O3S/c1-20(2)24(22,23)17-10-6-5-9-16(17)19-18(21)15-12-11-13-7-3-4-8-14(13)15/h3-10,15H,11-12H2,1-2H3,(H,19,21). The van der Waals surface area contributed by atoms with Gasteiger partial charge in [0.25, 0.3) is 0 Å². The Morgan fingerprint density at radius 3 is 2.50 bits per heavy atom. The summed E-state index contributed by atoms with van der Waals surface area (Å²) in [5.41, 5.74) is 2.54. The molecule has 0 bridgehead atoms. The third kappa shape index (κ3) is 2.95. The first-order valence-corrected chi connectivity index (χ1v) is 9.25. The van der Waals surface area contributed by atoms with Crippen molar-refractivity contribution in [2.45, 2.75) is 23.7 Å². The van der Waals surface area contributed by atoms with E-state index in [9.17, 15) is 13.2 Å². The number of nitrogens with zero attached hydrogens (tertiary/aromatic N) is 1. The van der Waals surface area contributed by atoms with Crippen molar-refractivity contribution < 1.29 is 13.2 Å². The van der Waals surface area contributed by atoms with E-state index in [4.69, 9.17) is 0 Å². The van der Waals surface area contributed by atoms with E-state index in [0.29, 0.717) is 5.69 Å². The second kappa shape index (κ2) is 6.37. The first-order chi connectivity index (χ1) is 11.4. The van der Waals surface area contributed by atoms with Crippen LogP contribution in [-0.2, 0) is 21.2 Å². The molecule has 0 radical (unpaired) electrons. The summed E-state index contributed by atoms with van der Waals surface area (Å²) in [7, 11) is -0.672. The SMILES string of the molecule is CN(C)S(=O)(=O)c1ccccc1NC(=O)C1CCc2ccccc21. The number of aryl methyl sites for hydroxylation is 1. The van der Waals surface area contributed by atoms with Gasteiger partial charge in [0.2, 0.25) is 15.9 Å². The van der Waals surface area contributed by atoms with E-state index >= 15 is 0 Å². The zero-order chi connectivity index (χ0) is 17.3. The topological polar surface area (TPSA) is 66.5 Å². The molecule has 5 nitrogen and oxygen atoms in total. The number of anilines is 1. The van der Waals surface area contributed by atoms with Gasteiger partial charge in [-0.1, -0.05) is 36.4 Å². The van der Waals surface area contributed by atoms with Gasteiger partial charge in [-0.15, -0.1) is 0 Å². The van der Waals surface area contributed by atoms with Crippen LogP contribution < -0.4 is 5.32 Å². The Kier molecular flexibility index (Phi) is 4.43. The summed E-state index contributed by atoms with van der Waals surface area (Å²) in [4.78, 5) is 12.8. The van der Waals surface area contributed by atoms with Crippen LogP contribution in [0.25, 0.3) is 0 Å². The Bertz CT molecular complexity index is 875. The van der Waals surface area contributed by atoms with Gasteiger partial charge < -0.3 is 5.32 Å². The fourth-order valence-electron chi connectivity index (χ4n) is 3.04. The van der Waals surface area contributed by atoms with Crippen molar-refractivity contribution in [3.8, 4) is 0 Å². The number of amides is 1. The minimum atomic E-state index is -3.62. The van der Waals surface area contributed by atoms with E-state index in [-0.39, 0.29) is 16.7 Å². The number of hydrogen-bond donors (Lipinski definition) is 1. The van der Waals surface area contributed by atoms with Crippen molar-refractivity contribution in [2.75, 3.05) is 19.4 Å². The second-order valence-corrected chi connectivity index (χ2v) is 8.18. The Balaban J connectivity index is 1.90. The molecule has 1 aliphatic carbocycles. The van der Waals surface area contributed by atoms with Crippen molar-refractivity contribution in [1.82, 2.24) is 4.31 Å². The molecule has 24 heavy (non-hydrogen) atoms. The highest BCUT2D eigenvalue weighted by Crippen LogP contribution is 2.34. The van der Waals surface area contributed by atoms with Crippen molar-refractivity contribution in [1.29, 1.82) is 0 Å². The molecule has 0 heterocycles. The van der Waals surface area contributed by atoms with Crippen LogP contribution in [0.1, 0.15) is 23.5 Å². The minimum Gasteiger partial charge on any atom is -0.324 e. The zero-order valence-electron chi connectivity index (χ0n) is 13.7. The molecule has 126 valence electrons. The van der Waals surface area contributed by atoms with Crippen LogP contribution in [0.5, 0.6) is 0 Å². The van der Waals surface area contributed by atoms with Gasteiger partial charge in [-0.2, -0.15) is 0 Å². The predicted octanol–water partition coefficient (Wildman–Crippen LogP) is 2.61. The van der Waals surface area contributed by atoms with Crippen molar-refractivity contribution >= 4 is 21.6 Å². The maximum absolute atomic E-state index is 12.7. The Morgan fingerprint density at radius 1 is 1.08 bits per heavy atom. The van der Waals surface area contributed by atoms with Gasteiger partial charge in [0.15, 0.2) is 0 Å². The number of benzene rings is 2. The molecule has 0 aromatic heterocycles. The molecule has 2 aromatic rings. The molecular weight excluding hydrogens is 324 g/mol. The van der Waals surface area contributed by atoms with E-state index < -0.39 is 10.0 Å². The number of para-hydroxylation sites is 1. The maximum Gasteiger partial charge on any atom is 0.244 e. The molecule has 0 aliphatic heterocycles. The lowest BCUT2D eigenvalue weighted by Crippen LogP contribution is -2.25. The molecule has 1 unspecified atom stereocenters. The fraction of sp³-hybridized carbons (Fsp3) is 0.278. The molecule has 6 heteroatoms. The Morgan fingerprint density at radius 2 is 1.75 bits per heavy atom. The van der Waals surface area contributed by atoms with Crippen molar-refractivity contribution in [3.05, 3.63) is 59.7 Å². The minimum absolute atomic E-state index is 0.106. The number of nitrogens with one attached hydrogen (secondary N) is 1. The summed E-state index contributed by atoms with van der Waals surface area (Å²) in [5, 5.41) is 2.81. The summed E-state index contributed by atoms with van der Waals surface area (Å²) in [6.07, 6.45) is 1.61. The fourth-order valence-corrected chi connectivity index (χ4v) is 4.08. The lowest BCUT2D eigenvalue weighted by Gasteiger charge is -2.17. The normalized spacial score (nSPS) is 16.9. The third-order valence-corrected chi connectivity index (χ3v) is 6.23. The van der Waals surface area contributed by atoms with Crippen LogP contribution in [0.15, 0.2) is 53.4 Å². The first-order valence-electron chi connectivity index (χ1n) is 7.81. The van der Waals surface area contributed by atoms with Crippen LogP contribution in [0.4, 0.5) is 5.69 Å². The quantitative estimate of drug-likeness (QED) is 0.927. The van der Waals surface area contributed by atoms with Gasteiger partial charge in [-0.3, -0.25) is 4.79 Å². The number of sulfonamides is 1. The molecule has 1 N–H and O–H groups in total. The number of rotatable bonds is 4. The zero-order valence-corrected chi connectivity index (χ0v) is 14.5. The van der Waals surface area contributed by atoms with Gasteiger partial charge in [0.05, 0.1) is 11.6 Å². The molecule has 0 saturated carbocycles. The summed E-state index contributed by atoms with van der Waals surface area (Å²) >= 11 is 0. The van der Waals surface area contributed by atoms with Crippen LogP contribution in [0, 0.1) is 0 Å². The molecule has 0 spiro atoms. The van der Waals surface area contributed by atoms with E-state index in [2.05, 4.69) is 5.32 Å². The molecular formula is C18H20N2O3S. The summed E-state index contributed by atoms with van der Waals surface area (Å²) in [5.74, 6) is -0.405. The van der Waals surface area contributed by atoms with Gasteiger partial charge in [0.1, 0.15) is 4.90 Å². The molecule has 1 atom stereocenters. The first kappa shape index (κ1) is 16.7. The molecule has 1 aliphatic rings. The van der Waals surface area contributed by atoms with Gasteiger partial charge in [-0.25, -0.2) is 12.7 Å². The number of fused-ring (bicyclic) bond motifs is 1. The van der Waals surface area contributed by atoms with Gasteiger partial charge in [0, 0.05) is 14.1 Å². The number of carbonyl (C=O) groups is 1. The predicted molar refractivity (Wildman–Crippen MR) is 93.4 cm³/mol. The molecule has 3 rings (SSSR count). The average Bonchev–Trinajstić information content (AvgIpc) is 2.99. The maximum atomic E-state index is 12.7. The van der Waals surface area contributed by atoms with E-state index in [1.807, 2.05) is 24.3 Å². The number of carbonyl (C=O) groups excluding carboxylic acids is 1. The monoisotopic (exact) mass is 344 g/mol. The lowest BCUT2D eigenvalue weighted by atomic mass is 10.0. The molecule has 0 saturated heterocycles. The summed E-state index contributed by atoms with van der Waals surface area (Å²) in [6, 6.07) is 14.4. The van der Waals surface area contributed by atoms with Crippen LogP contribution >= 0.6 is 0 Å². The highest BCUT2D eigenvalue weighted by atomic mass is 32.2. The van der Waals surface area contributed by atoms with E-state index in [0.717, 1.165) is 22.7 Å². The van der Waals surface area contributed by atoms with Crippen molar-refractivity contribution in [2.24, 2.45) is 0 Å². The lowest BCUT2D eigenvalue weighted by molar-refractivity contribution is -0.117. The van der Waals surface area contributed by atoms with Crippen LogP contribution in [0.3, 0.4) is 0 Å². The van der Waals surface area contributed by atoms with Crippen LogP contribution in [-0.4, -0.2) is 32.7 Å². The highest BCUT2D eigenvalue weighted by Gasteiger charge is 2.29. The van der Waals surface area contributed by atoms with E-state index in [1.165, 1.54) is 25.7 Å². The Labute approximate surface area is 142 Å². The Hall–Kier alpha value is -2.18. The second-order valence-electron chi connectivity index (χ2n) is 6.06. The summed E-state index contributed by atoms with van der Waals surface area (Å²) < 4.78 is 26.0. The smallest absolute Gasteiger partial charge is 0.244 e. The largest absolute Gasteiger partial charge is 0.324 e. The number of hydrogen-bond acceptors (Lipinski definition) is 3. The third-order valence-electron chi connectivity index (χ3n) is 4.35. The molecule has 0 fully saturated rings. The average molecular weight is 344 g/mol. The van der Waals surface area contributed by atoms with Gasteiger partial charge in [-0.05, 0) is 36.1 Å². The highest BCUT2D eigenvalue weighted by molar-refractivity contribution is 7.89. The summed E-state index contributed by atoms with van der Waals surface area (Å²) in [6.45, 7) is 0. The van der Waals surface area contributed by atoms with E-state index in [1.54, 1.807) is 18.2 Å². The molecule has 2 aromatic carbocycles. The molecule has 1 amide bonds.